The summed E-state index contributed by atoms with van der Waals surface area (Å²) in [5, 5.41) is 0. The molecule has 0 aliphatic carbocycles. The summed E-state index contributed by atoms with van der Waals surface area (Å²) in [5.41, 5.74) is 0. The van der Waals surface area contributed by atoms with Crippen molar-refractivity contribution in [3.8, 4) is 0 Å². The molecule has 0 aromatic heterocycles. The first-order chi connectivity index (χ1) is 2.45. The van der Waals surface area contributed by atoms with Crippen molar-refractivity contribution < 1.29 is 89.3 Å². The van der Waals surface area contributed by atoms with Crippen LogP contribution >= 0.6 is 81.7 Å². The predicted octanol–water partition coefficient (Wildman–Crippen LogP) is -3.92. The van der Waals surface area contributed by atoms with Gasteiger partial charge in [0.15, 0.2) is 0 Å². The smallest absolute Gasteiger partial charge is 1.00 e. The van der Waals surface area contributed by atoms with Crippen molar-refractivity contribution in [3.63, 3.8) is 0 Å². The molecule has 0 saturated heterocycles. The molecule has 0 aromatic carbocycles. The fraction of sp³-hybridized carbons (Fsp3) is 0. The fourth-order valence-corrected chi connectivity index (χ4v) is 0. The molecule has 0 heterocycles. The van der Waals surface area contributed by atoms with E-state index in [-0.39, 0.29) is 88.7 Å². The molecule has 0 aliphatic rings. The van der Waals surface area contributed by atoms with E-state index in [4.69, 9.17) is 0 Å². The Bertz CT molecular complexity index is 71.6. The van der Waals surface area contributed by atoms with Crippen LogP contribution in [0.15, 0.2) is 0 Å². The van der Waals surface area contributed by atoms with Gasteiger partial charge in [0, 0.05) is 0 Å². The Morgan fingerprint density at radius 1 is 0.500 bits per heavy atom. The van der Waals surface area contributed by atoms with E-state index in [2.05, 4.69) is 81.7 Å². The maximum Gasteiger partial charge on any atom is 1.00 e. The van der Waals surface area contributed by atoms with Crippen LogP contribution in [0.4, 0.5) is 0 Å². The monoisotopic (exact) mass is 645 g/mol. The van der Waals surface area contributed by atoms with Gasteiger partial charge in [-0.25, -0.2) is 0 Å². The van der Waals surface area contributed by atoms with Crippen LogP contribution in [0, 0.1) is 0 Å². The Morgan fingerprint density at radius 3 is 0.500 bits per heavy atom. The van der Waals surface area contributed by atoms with Crippen molar-refractivity contribution in [2.45, 2.75) is 0 Å². The van der Waals surface area contributed by atoms with E-state index in [1.807, 2.05) is 0 Å². The Kier molecular flexibility index (Phi) is 17.9. The van der Waals surface area contributed by atoms with Gasteiger partial charge in [0.1, 0.15) is 0 Å². The Morgan fingerprint density at radius 2 is 0.500 bits per heavy atom. The third-order valence-corrected chi connectivity index (χ3v) is 0. The zero-order chi connectivity index (χ0) is 6.41. The summed E-state index contributed by atoms with van der Waals surface area (Å²) in [5.74, 6) is 0. The van der Waals surface area contributed by atoms with E-state index in [0.717, 1.165) is 0 Å². The SMILES string of the molecule is [Br][Rh-3]([Br])([Br])([Br])([Br])[Br].[Na+].[Na+].[Na+]. The largest absolute Gasteiger partial charge is 1.00 e. The zero-order valence-corrected chi connectivity index (χ0v) is 22.8. The minimum atomic E-state index is -3.11. The summed E-state index contributed by atoms with van der Waals surface area (Å²) < 4.78 is -3.11. The minimum absolute atomic E-state index is 0. The number of halogens is 6. The molecule has 0 N–H and O–H groups in total. The van der Waals surface area contributed by atoms with Crippen LogP contribution in [0.1, 0.15) is 0 Å². The van der Waals surface area contributed by atoms with Crippen molar-refractivity contribution >= 4 is 81.7 Å². The van der Waals surface area contributed by atoms with Crippen LogP contribution in [0.2, 0.25) is 0 Å². The second kappa shape index (κ2) is 7.05. The van der Waals surface area contributed by atoms with E-state index in [1.54, 1.807) is 0 Å². The molecule has 0 rings (SSSR count). The average Bonchev–Trinajstić information content (AvgIpc) is 0.592. The standard InChI is InChI=1S/6BrH.3Na.Rh/h6*1H;;;;/q;;;;;;3*+1;+3/p-6. The Labute approximate surface area is 166 Å². The van der Waals surface area contributed by atoms with Crippen LogP contribution in [0.3, 0.4) is 0 Å². The number of hydrogen-bond donors (Lipinski definition) is 0. The molecule has 0 aromatic rings. The van der Waals surface area contributed by atoms with Crippen LogP contribution in [0.25, 0.3) is 0 Å². The molecule has 10 heteroatoms. The molecule has 0 fully saturated rings. The molecule has 0 spiro atoms. The van der Waals surface area contributed by atoms with Gasteiger partial charge < -0.3 is 0 Å². The molecule has 0 nitrogen and oxygen atoms in total. The first-order valence-electron chi connectivity index (χ1n) is 0.756. The molecule has 0 aliphatic heterocycles. The van der Waals surface area contributed by atoms with Gasteiger partial charge in [-0.15, -0.1) is 0 Å². The van der Waals surface area contributed by atoms with Gasteiger partial charge in [-0.1, -0.05) is 0 Å². The van der Waals surface area contributed by atoms with Gasteiger partial charge in [-0.2, -0.15) is 0 Å². The van der Waals surface area contributed by atoms with E-state index in [0.29, 0.717) is 0 Å². The van der Waals surface area contributed by atoms with Crippen molar-refractivity contribution in [2.75, 3.05) is 0 Å². The van der Waals surface area contributed by atoms with Crippen molar-refractivity contribution in [1.82, 2.24) is 0 Å². The molecule has 0 atom stereocenters. The minimum Gasteiger partial charge on any atom is 1.00 e. The van der Waals surface area contributed by atoms with E-state index < -0.39 is 0.665 Å². The molecule has 0 saturated carbocycles. The summed E-state index contributed by atoms with van der Waals surface area (Å²) >= 11 is 20.0. The normalized spacial score (nSPS) is 16.2. The van der Waals surface area contributed by atoms with Gasteiger partial charge in [0.2, 0.25) is 0 Å². The zero-order valence-electron chi connectivity index (χ0n) is 5.60. The summed E-state index contributed by atoms with van der Waals surface area (Å²) in [6, 6.07) is 0. The first kappa shape index (κ1) is 25.4. The van der Waals surface area contributed by atoms with Crippen molar-refractivity contribution in [3.05, 3.63) is 0 Å². The molecule has 0 unspecified atom stereocenters. The van der Waals surface area contributed by atoms with Gasteiger partial charge >= 0.3 is 171 Å². The topological polar surface area (TPSA) is 0 Å². The van der Waals surface area contributed by atoms with Gasteiger partial charge in [-0.05, 0) is 0 Å². The first-order valence-corrected chi connectivity index (χ1v) is 23.2. The van der Waals surface area contributed by atoms with Gasteiger partial charge in [0.25, 0.3) is 0 Å². The van der Waals surface area contributed by atoms with Gasteiger partial charge in [0.05, 0.1) is 0 Å². The van der Waals surface area contributed by atoms with Crippen LogP contribution in [-0.4, -0.2) is 0 Å². The third-order valence-electron chi connectivity index (χ3n) is 0. The summed E-state index contributed by atoms with van der Waals surface area (Å²) in [7, 11) is 0. The molecule has 10 heavy (non-hydrogen) atoms. The predicted molar refractivity (Wildman–Crippen MR) is 53.6 cm³/mol. The third kappa shape index (κ3) is 62.5. The molecule has 0 radical (unpaired) electrons. The average molecular weight is 651 g/mol. The van der Waals surface area contributed by atoms with Gasteiger partial charge in [-0.3, -0.25) is 0 Å². The summed E-state index contributed by atoms with van der Waals surface area (Å²) in [6.07, 6.45) is 0. The molecule has 0 amide bonds. The molecular formula is Br6Na3Rh. The van der Waals surface area contributed by atoms with E-state index in [9.17, 15) is 0 Å². The molecule has 54 valence electrons. The Hall–Kier alpha value is 6.50. The van der Waals surface area contributed by atoms with E-state index >= 15 is 0 Å². The summed E-state index contributed by atoms with van der Waals surface area (Å²) in [4.78, 5) is 0. The second-order valence-corrected chi connectivity index (χ2v) is 114. The maximum atomic E-state index is 3.34. The quantitative estimate of drug-likeness (QED) is 0.235. The number of rotatable bonds is 0. The van der Waals surface area contributed by atoms with E-state index in [1.165, 1.54) is 0 Å². The van der Waals surface area contributed by atoms with Crippen LogP contribution in [-0.2, 0) is 0.665 Å². The van der Waals surface area contributed by atoms with Crippen molar-refractivity contribution in [1.29, 1.82) is 0 Å². The summed E-state index contributed by atoms with van der Waals surface area (Å²) in [6.45, 7) is 0. The Balaban J connectivity index is -0.0000000600. The molecular weight excluding hydrogens is 651 g/mol. The van der Waals surface area contributed by atoms with Crippen LogP contribution < -0.4 is 88.7 Å². The fourth-order valence-electron chi connectivity index (χ4n) is 0. The van der Waals surface area contributed by atoms with Crippen LogP contribution in [0.5, 0.6) is 0 Å². The van der Waals surface area contributed by atoms with Crippen molar-refractivity contribution in [2.24, 2.45) is 0 Å². The second-order valence-electron chi connectivity index (χ2n) is 0.714. The number of hydrogen-bond acceptors (Lipinski definition) is 0. The maximum absolute atomic E-state index is 3.34. The molecule has 0 bridgehead atoms.